The van der Waals surface area contributed by atoms with Crippen LogP contribution in [0.1, 0.15) is 5.56 Å². The summed E-state index contributed by atoms with van der Waals surface area (Å²) in [6.45, 7) is 0.487. The lowest BCUT2D eigenvalue weighted by Crippen LogP contribution is -1.98. The van der Waals surface area contributed by atoms with Crippen molar-refractivity contribution in [2.24, 2.45) is 5.73 Å². The van der Waals surface area contributed by atoms with Gasteiger partial charge in [-0.2, -0.15) is 12.6 Å². The molecule has 0 aromatic carbocycles. The van der Waals surface area contributed by atoms with Crippen molar-refractivity contribution in [3.8, 4) is 0 Å². The molecule has 2 rings (SSSR count). The second kappa shape index (κ2) is 5.57. The highest BCUT2D eigenvalue weighted by molar-refractivity contribution is 7.79. The van der Waals surface area contributed by atoms with E-state index in [1.807, 2.05) is 12.1 Å². The Kier molecular flexibility index (Phi) is 4.35. The van der Waals surface area contributed by atoms with Crippen LogP contribution in [0.4, 0.5) is 0 Å². The zero-order chi connectivity index (χ0) is 10.4. The molecule has 0 unspecified atom stereocenters. The van der Waals surface area contributed by atoms with Crippen molar-refractivity contribution in [2.75, 3.05) is 6.26 Å². The first-order chi connectivity index (χ1) is 6.92. The normalized spacial score (nSPS) is 9.36. The van der Waals surface area contributed by atoms with Gasteiger partial charge in [0.1, 0.15) is 0 Å². The van der Waals surface area contributed by atoms with Crippen LogP contribution in [0.15, 0.2) is 30.7 Å². The van der Waals surface area contributed by atoms with Crippen molar-refractivity contribution < 1.29 is 0 Å². The Morgan fingerprint density at radius 2 is 2.14 bits per heavy atom. The summed E-state index contributed by atoms with van der Waals surface area (Å²) in [6, 6.07) is 3.87. The third kappa shape index (κ3) is 2.21. The number of aromatic nitrogens is 2. The minimum Gasteiger partial charge on any atom is -0.326 e. The van der Waals surface area contributed by atoms with Crippen LogP contribution < -0.4 is 5.73 Å². The molecule has 0 fully saturated rings. The number of hydrogen-bond acceptors (Lipinski definition) is 4. The number of nitrogens with zero attached hydrogens (tertiary/aromatic N) is 2. The molecule has 4 heteroatoms. The molecule has 0 atom stereocenters. The first-order valence-electron chi connectivity index (χ1n) is 4.24. The van der Waals surface area contributed by atoms with Crippen LogP contribution >= 0.6 is 12.6 Å². The molecular formula is C10H13N3S. The van der Waals surface area contributed by atoms with Gasteiger partial charge in [0.25, 0.3) is 0 Å². The van der Waals surface area contributed by atoms with Gasteiger partial charge >= 0.3 is 0 Å². The van der Waals surface area contributed by atoms with Gasteiger partial charge in [0.2, 0.25) is 0 Å². The van der Waals surface area contributed by atoms with Crippen molar-refractivity contribution in [1.82, 2.24) is 9.97 Å². The summed E-state index contributed by atoms with van der Waals surface area (Å²) < 4.78 is 0. The largest absolute Gasteiger partial charge is 0.326 e. The number of fused-ring (bicyclic) bond motifs is 1. The van der Waals surface area contributed by atoms with Crippen molar-refractivity contribution in [1.29, 1.82) is 0 Å². The monoisotopic (exact) mass is 207 g/mol. The smallest absolute Gasteiger partial charge is 0.0777 e. The standard InChI is InChI=1S/C9H9N3.CH4S/c10-4-8-6-11-5-7-2-1-3-12-9(7)8;1-2/h1-3,5-6H,4,10H2;2H,1H3. The van der Waals surface area contributed by atoms with Crippen LogP contribution in [0, 0.1) is 0 Å². The Balaban J connectivity index is 0.000000461. The van der Waals surface area contributed by atoms with Crippen LogP contribution in [-0.2, 0) is 6.54 Å². The van der Waals surface area contributed by atoms with Gasteiger partial charge in [-0.1, -0.05) is 0 Å². The molecule has 0 aliphatic heterocycles. The van der Waals surface area contributed by atoms with E-state index in [1.165, 1.54) is 0 Å². The van der Waals surface area contributed by atoms with Crippen LogP contribution in [0.25, 0.3) is 10.9 Å². The van der Waals surface area contributed by atoms with Gasteiger partial charge in [0.05, 0.1) is 5.52 Å². The number of rotatable bonds is 1. The molecule has 0 saturated heterocycles. The van der Waals surface area contributed by atoms with E-state index in [9.17, 15) is 0 Å². The Labute approximate surface area is 88.8 Å². The average Bonchev–Trinajstić information content (AvgIpc) is 2.31. The number of pyridine rings is 2. The molecule has 2 heterocycles. The summed E-state index contributed by atoms with van der Waals surface area (Å²) in [5.41, 5.74) is 7.48. The molecule has 14 heavy (non-hydrogen) atoms. The Morgan fingerprint density at radius 3 is 2.86 bits per heavy atom. The number of nitrogens with two attached hydrogens (primary N) is 1. The molecule has 74 valence electrons. The maximum atomic E-state index is 5.54. The van der Waals surface area contributed by atoms with Gasteiger partial charge in [-0.3, -0.25) is 9.97 Å². The molecular weight excluding hydrogens is 194 g/mol. The molecule has 0 aliphatic carbocycles. The highest BCUT2D eigenvalue weighted by Gasteiger charge is 1.98. The fourth-order valence-corrected chi connectivity index (χ4v) is 1.21. The van der Waals surface area contributed by atoms with Gasteiger partial charge in [-0.15, -0.1) is 0 Å². The molecule has 0 radical (unpaired) electrons. The highest BCUT2D eigenvalue weighted by atomic mass is 32.1. The molecule has 2 aromatic rings. The summed E-state index contributed by atoms with van der Waals surface area (Å²) in [4.78, 5) is 8.30. The van der Waals surface area contributed by atoms with E-state index in [0.29, 0.717) is 6.54 Å². The first-order valence-corrected chi connectivity index (χ1v) is 5.13. The van der Waals surface area contributed by atoms with Gasteiger partial charge < -0.3 is 5.73 Å². The molecule has 0 saturated carbocycles. The Morgan fingerprint density at radius 1 is 1.36 bits per heavy atom. The molecule has 0 aliphatic rings. The summed E-state index contributed by atoms with van der Waals surface area (Å²) in [6.07, 6.45) is 7.01. The lowest BCUT2D eigenvalue weighted by Gasteiger charge is -2.00. The van der Waals surface area contributed by atoms with E-state index < -0.39 is 0 Å². The van der Waals surface area contributed by atoms with Gasteiger partial charge in [0.15, 0.2) is 0 Å². The molecule has 0 bridgehead atoms. The lowest BCUT2D eigenvalue weighted by molar-refractivity contribution is 1.06. The van der Waals surface area contributed by atoms with Gasteiger partial charge in [-0.05, 0) is 18.4 Å². The second-order valence-electron chi connectivity index (χ2n) is 2.58. The third-order valence-corrected chi connectivity index (χ3v) is 1.81. The Hall–Kier alpha value is -1.13. The maximum Gasteiger partial charge on any atom is 0.0777 e. The van der Waals surface area contributed by atoms with Crippen molar-refractivity contribution in [3.05, 3.63) is 36.3 Å². The van der Waals surface area contributed by atoms with Gasteiger partial charge in [0, 0.05) is 36.1 Å². The average molecular weight is 207 g/mol. The minimum absolute atomic E-state index is 0.487. The summed E-state index contributed by atoms with van der Waals surface area (Å²) in [7, 11) is 0. The topological polar surface area (TPSA) is 51.8 Å². The number of hydrogen-bond donors (Lipinski definition) is 2. The maximum absolute atomic E-state index is 5.54. The lowest BCUT2D eigenvalue weighted by atomic mass is 10.2. The predicted octanol–water partition coefficient (Wildman–Crippen LogP) is 1.63. The fraction of sp³-hybridized carbons (Fsp3) is 0.200. The first kappa shape index (κ1) is 10.9. The predicted molar refractivity (Wildman–Crippen MR) is 62.3 cm³/mol. The van der Waals surface area contributed by atoms with E-state index in [1.54, 1.807) is 24.8 Å². The zero-order valence-electron chi connectivity index (χ0n) is 8.01. The van der Waals surface area contributed by atoms with Crippen molar-refractivity contribution in [3.63, 3.8) is 0 Å². The third-order valence-electron chi connectivity index (χ3n) is 1.81. The summed E-state index contributed by atoms with van der Waals surface area (Å²) in [5, 5.41) is 1.04. The summed E-state index contributed by atoms with van der Waals surface area (Å²) in [5.74, 6) is 0. The van der Waals surface area contributed by atoms with Crippen molar-refractivity contribution >= 4 is 23.5 Å². The van der Waals surface area contributed by atoms with Crippen molar-refractivity contribution in [2.45, 2.75) is 6.54 Å². The number of thiol groups is 1. The SMILES string of the molecule is CS.NCc1cncc2cccnc12. The molecule has 2 aromatic heterocycles. The molecule has 2 N–H and O–H groups in total. The van der Waals surface area contributed by atoms with E-state index >= 15 is 0 Å². The van der Waals surface area contributed by atoms with Crippen LogP contribution in [0.2, 0.25) is 0 Å². The summed E-state index contributed by atoms with van der Waals surface area (Å²) >= 11 is 3.53. The highest BCUT2D eigenvalue weighted by Crippen LogP contribution is 2.12. The van der Waals surface area contributed by atoms with E-state index in [2.05, 4.69) is 22.6 Å². The van der Waals surface area contributed by atoms with Crippen LogP contribution in [-0.4, -0.2) is 16.2 Å². The fourth-order valence-electron chi connectivity index (χ4n) is 1.21. The Bertz CT molecular complexity index is 398. The van der Waals surface area contributed by atoms with Crippen LogP contribution in [0.3, 0.4) is 0 Å². The van der Waals surface area contributed by atoms with Crippen LogP contribution in [0.5, 0.6) is 0 Å². The zero-order valence-corrected chi connectivity index (χ0v) is 8.91. The van der Waals surface area contributed by atoms with Gasteiger partial charge in [-0.25, -0.2) is 0 Å². The second-order valence-corrected chi connectivity index (χ2v) is 2.58. The quantitative estimate of drug-likeness (QED) is 0.699. The van der Waals surface area contributed by atoms with E-state index in [0.717, 1.165) is 16.5 Å². The molecule has 0 amide bonds. The van der Waals surface area contributed by atoms with E-state index in [-0.39, 0.29) is 0 Å². The molecule has 3 nitrogen and oxygen atoms in total. The minimum atomic E-state index is 0.487. The van der Waals surface area contributed by atoms with E-state index in [4.69, 9.17) is 5.73 Å². The molecule has 0 spiro atoms.